The average Bonchev–Trinajstić information content (AvgIpc) is 3.11. The average molecular weight is 555 g/mol. The van der Waals surface area contributed by atoms with Crippen LogP contribution < -0.4 is 20.7 Å². The van der Waals surface area contributed by atoms with E-state index in [4.69, 9.17) is 16.7 Å². The number of carbonyl (C=O) groups is 4. The summed E-state index contributed by atoms with van der Waals surface area (Å²) in [6.45, 7) is 0. The zero-order valence-corrected chi connectivity index (χ0v) is 21.2. The lowest BCUT2D eigenvalue weighted by Crippen LogP contribution is -2.32. The summed E-state index contributed by atoms with van der Waals surface area (Å²) in [7, 11) is -2.63. The molecule has 0 atom stereocenters. The molecule has 0 spiro atoms. The summed E-state index contributed by atoms with van der Waals surface area (Å²) in [6.07, 6.45) is 0. The number of hydrogen-bond acceptors (Lipinski definition) is 8. The van der Waals surface area contributed by atoms with Gasteiger partial charge in [0.15, 0.2) is 0 Å². The van der Waals surface area contributed by atoms with Crippen LogP contribution in [-0.4, -0.2) is 39.2 Å². The van der Waals surface area contributed by atoms with Crippen LogP contribution in [0.25, 0.3) is 0 Å². The predicted molar refractivity (Wildman–Crippen MR) is 139 cm³/mol. The van der Waals surface area contributed by atoms with Crippen LogP contribution in [0.4, 0.5) is 17.1 Å². The number of nitrogens with two attached hydrogens (primary N) is 1. The molecular formula is C25H19ClN4O7S. The lowest BCUT2D eigenvalue weighted by Gasteiger charge is -2.15. The third kappa shape index (κ3) is 5.42. The first-order valence-corrected chi connectivity index (χ1v) is 12.7. The molecule has 194 valence electrons. The molecular weight excluding hydrogens is 536 g/mol. The molecule has 1 aliphatic rings. The number of primary sulfonamides is 1. The number of hydrogen-bond donors (Lipinski definition) is 3. The second-order valence-electron chi connectivity index (χ2n) is 7.90. The van der Waals surface area contributed by atoms with E-state index >= 15 is 0 Å². The number of benzene rings is 3. The molecule has 0 radical (unpaired) electrons. The van der Waals surface area contributed by atoms with Crippen molar-refractivity contribution in [3.63, 3.8) is 0 Å². The molecule has 0 aliphatic carbocycles. The largest absolute Gasteiger partial charge is 0.465 e. The Morgan fingerprint density at radius 1 is 0.895 bits per heavy atom. The van der Waals surface area contributed by atoms with Crippen molar-refractivity contribution in [1.29, 1.82) is 0 Å². The van der Waals surface area contributed by atoms with E-state index in [1.54, 1.807) is 12.1 Å². The van der Waals surface area contributed by atoms with Gasteiger partial charge >= 0.3 is 5.97 Å². The van der Waals surface area contributed by atoms with Gasteiger partial charge in [-0.2, -0.15) is 0 Å². The van der Waals surface area contributed by atoms with Gasteiger partial charge in [0.05, 0.1) is 23.3 Å². The summed E-state index contributed by atoms with van der Waals surface area (Å²) in [5, 5.41) is 10.1. The first kappa shape index (κ1) is 26.5. The van der Waals surface area contributed by atoms with Crippen LogP contribution in [0, 0.1) is 0 Å². The summed E-state index contributed by atoms with van der Waals surface area (Å²) in [4.78, 5) is 50.9. The van der Waals surface area contributed by atoms with Crippen molar-refractivity contribution in [2.24, 2.45) is 5.14 Å². The molecule has 1 aliphatic heterocycles. The third-order valence-electron chi connectivity index (χ3n) is 5.41. The van der Waals surface area contributed by atoms with Crippen molar-refractivity contribution in [2.45, 2.75) is 4.90 Å². The maximum Gasteiger partial charge on any atom is 0.337 e. The van der Waals surface area contributed by atoms with Crippen LogP contribution in [0.1, 0.15) is 20.7 Å². The summed E-state index contributed by atoms with van der Waals surface area (Å²) in [6, 6.07) is 17.0. The Morgan fingerprint density at radius 3 is 2.16 bits per heavy atom. The number of rotatable bonds is 7. The summed E-state index contributed by atoms with van der Waals surface area (Å²) < 4.78 is 27.4. The third-order valence-corrected chi connectivity index (χ3v) is 6.69. The molecule has 11 nitrogen and oxygen atoms in total. The predicted octanol–water partition coefficient (Wildman–Crippen LogP) is 2.81. The van der Waals surface area contributed by atoms with Gasteiger partial charge in [-0.05, 0) is 66.7 Å². The minimum Gasteiger partial charge on any atom is -0.465 e. The number of sulfonamides is 1. The van der Waals surface area contributed by atoms with Crippen LogP contribution in [0.3, 0.4) is 0 Å². The molecule has 3 amide bonds. The van der Waals surface area contributed by atoms with Gasteiger partial charge in [0, 0.05) is 16.9 Å². The molecule has 0 unspecified atom stereocenters. The van der Waals surface area contributed by atoms with E-state index < -0.39 is 33.7 Å². The number of carbonyl (C=O) groups excluding carboxylic acids is 4. The normalized spacial score (nSPS) is 13.5. The highest BCUT2D eigenvalue weighted by molar-refractivity contribution is 7.89. The quantitative estimate of drug-likeness (QED) is 0.296. The van der Waals surface area contributed by atoms with E-state index in [1.165, 1.54) is 67.8 Å². The lowest BCUT2D eigenvalue weighted by molar-refractivity contribution is -0.120. The van der Waals surface area contributed by atoms with E-state index in [1.807, 2.05) is 0 Å². The molecule has 1 heterocycles. The molecule has 0 bridgehead atoms. The topological polar surface area (TPSA) is 165 Å². The Hall–Kier alpha value is -4.52. The Bertz CT molecular complexity index is 1600. The fourth-order valence-electron chi connectivity index (χ4n) is 3.52. The Morgan fingerprint density at radius 2 is 1.55 bits per heavy atom. The van der Waals surface area contributed by atoms with Gasteiger partial charge in [0.25, 0.3) is 17.7 Å². The van der Waals surface area contributed by atoms with E-state index in [0.29, 0.717) is 11.4 Å². The van der Waals surface area contributed by atoms with Gasteiger partial charge in [0.1, 0.15) is 10.7 Å². The van der Waals surface area contributed by atoms with Gasteiger partial charge in [-0.25, -0.2) is 23.3 Å². The minimum absolute atomic E-state index is 0.101. The van der Waals surface area contributed by atoms with Crippen LogP contribution in [0.2, 0.25) is 0 Å². The van der Waals surface area contributed by atoms with Gasteiger partial charge < -0.3 is 15.4 Å². The second-order valence-corrected chi connectivity index (χ2v) is 9.84. The molecule has 4 rings (SSSR count). The zero-order valence-electron chi connectivity index (χ0n) is 19.6. The van der Waals surface area contributed by atoms with Crippen LogP contribution in [0.5, 0.6) is 0 Å². The van der Waals surface area contributed by atoms with Crippen molar-refractivity contribution >= 4 is 62.4 Å². The molecule has 0 fully saturated rings. The monoisotopic (exact) mass is 554 g/mol. The van der Waals surface area contributed by atoms with E-state index in [9.17, 15) is 27.6 Å². The fraction of sp³-hybridized carbons (Fsp3) is 0.0400. The first-order chi connectivity index (χ1) is 18.0. The number of anilines is 3. The highest BCUT2D eigenvalue weighted by Crippen LogP contribution is 2.30. The van der Waals surface area contributed by atoms with E-state index in [0.717, 1.165) is 4.90 Å². The number of methoxy groups -OCH3 is 1. The van der Waals surface area contributed by atoms with Crippen molar-refractivity contribution in [1.82, 2.24) is 0 Å². The van der Waals surface area contributed by atoms with Gasteiger partial charge in [-0.15, -0.1) is 0 Å². The SMILES string of the molecule is COC(=O)c1ccc(N2C(=O)C(Cl)=C(Nc3cccc(C(=O)Nc4ccc(S(N)(=O)=O)cc4)c3)C2=O)cc1. The minimum atomic E-state index is -3.87. The highest BCUT2D eigenvalue weighted by atomic mass is 35.5. The van der Waals surface area contributed by atoms with Crippen molar-refractivity contribution < 1.29 is 32.3 Å². The summed E-state index contributed by atoms with van der Waals surface area (Å²) >= 11 is 6.18. The maximum absolute atomic E-state index is 13.0. The number of halogens is 1. The second kappa shape index (κ2) is 10.5. The first-order valence-electron chi connectivity index (χ1n) is 10.8. The van der Waals surface area contributed by atoms with Gasteiger partial charge in [0.2, 0.25) is 10.0 Å². The molecule has 13 heteroatoms. The van der Waals surface area contributed by atoms with Crippen molar-refractivity contribution in [3.05, 3.63) is 94.7 Å². The number of nitrogens with one attached hydrogen (secondary N) is 2. The number of ether oxygens (including phenoxy) is 1. The highest BCUT2D eigenvalue weighted by Gasteiger charge is 2.39. The fourth-order valence-corrected chi connectivity index (χ4v) is 4.25. The number of amides is 3. The van der Waals surface area contributed by atoms with Crippen LogP contribution in [0.15, 0.2) is 88.4 Å². The molecule has 0 aromatic heterocycles. The number of nitrogens with zero attached hydrogens (tertiary/aromatic N) is 1. The van der Waals surface area contributed by atoms with Crippen LogP contribution >= 0.6 is 11.6 Å². The molecule has 3 aromatic rings. The molecule has 0 saturated carbocycles. The van der Waals surface area contributed by atoms with Crippen molar-refractivity contribution in [3.8, 4) is 0 Å². The smallest absolute Gasteiger partial charge is 0.337 e. The molecule has 4 N–H and O–H groups in total. The summed E-state index contributed by atoms with van der Waals surface area (Å²) in [5.41, 5.74) is 1.09. The zero-order chi connectivity index (χ0) is 27.6. The van der Waals surface area contributed by atoms with Crippen molar-refractivity contribution in [2.75, 3.05) is 22.6 Å². The lowest BCUT2D eigenvalue weighted by atomic mass is 10.1. The molecule has 3 aromatic carbocycles. The summed E-state index contributed by atoms with van der Waals surface area (Å²) in [5.74, 6) is -2.57. The molecule has 38 heavy (non-hydrogen) atoms. The Balaban J connectivity index is 1.50. The maximum atomic E-state index is 13.0. The number of imide groups is 1. The Kier molecular flexibility index (Phi) is 7.30. The molecule has 0 saturated heterocycles. The van der Waals surface area contributed by atoms with E-state index in [2.05, 4.69) is 15.4 Å². The standard InChI is InChI=1S/C25H19ClN4O7S/c1-37-25(34)14-5-9-18(10-6-14)30-23(32)20(26)21(24(30)33)28-17-4-2-3-15(13-17)22(31)29-16-7-11-19(12-8-16)38(27,35)36/h2-13,28H,1H3,(H,29,31)(H2,27,35,36). The number of esters is 1. The Labute approximate surface area is 221 Å². The van der Waals surface area contributed by atoms with Gasteiger partial charge in [-0.3, -0.25) is 14.4 Å². The van der Waals surface area contributed by atoms with E-state index in [-0.39, 0.29) is 32.4 Å². The van der Waals surface area contributed by atoms with Gasteiger partial charge in [-0.1, -0.05) is 17.7 Å². The van der Waals surface area contributed by atoms with Crippen LogP contribution in [-0.2, 0) is 24.3 Å².